The average Bonchev–Trinajstić information content (AvgIpc) is 2.59. The van der Waals surface area contributed by atoms with Crippen LogP contribution in [0.3, 0.4) is 0 Å². The Balaban J connectivity index is 3.06. The molecule has 0 aliphatic carbocycles. The number of rotatable bonds is 4. The van der Waals surface area contributed by atoms with E-state index in [1.54, 1.807) is 0 Å². The topological polar surface area (TPSA) is 53.4 Å². The Bertz CT molecular complexity index is 404. The van der Waals surface area contributed by atoms with Crippen molar-refractivity contribution in [1.29, 1.82) is 0 Å². The van der Waals surface area contributed by atoms with E-state index >= 15 is 0 Å². The molecule has 0 bridgehead atoms. The number of aromatic nitrogens is 1. The van der Waals surface area contributed by atoms with Gasteiger partial charge in [-0.1, -0.05) is 29.9 Å². The number of hydrogen-bond acceptors (Lipinski definition) is 4. The van der Waals surface area contributed by atoms with Gasteiger partial charge < -0.3 is 10.0 Å². The zero-order valence-corrected chi connectivity index (χ0v) is 11.3. The van der Waals surface area contributed by atoms with Crippen molar-refractivity contribution in [3.8, 4) is 0 Å². The highest BCUT2D eigenvalue weighted by molar-refractivity contribution is 7.18. The van der Waals surface area contributed by atoms with Crippen LogP contribution in [-0.2, 0) is 0 Å². The van der Waals surface area contributed by atoms with E-state index in [0.29, 0.717) is 5.13 Å². The maximum atomic E-state index is 10.8. The molecule has 0 aromatic carbocycles. The van der Waals surface area contributed by atoms with Gasteiger partial charge in [0.05, 0.1) is 0 Å². The molecule has 1 heterocycles. The number of aromatic carboxylic acids is 1. The summed E-state index contributed by atoms with van der Waals surface area (Å²) in [6.07, 6.45) is 0.934. The van der Waals surface area contributed by atoms with Gasteiger partial charge in [0.1, 0.15) is 0 Å². The summed E-state index contributed by atoms with van der Waals surface area (Å²) in [5.41, 5.74) is -0.0725. The van der Waals surface area contributed by atoms with Crippen LogP contribution < -0.4 is 4.90 Å². The monoisotopic (exact) mass is 262 g/mol. The minimum absolute atomic E-state index is 0.0613. The van der Waals surface area contributed by atoms with Crippen molar-refractivity contribution in [1.82, 2.24) is 4.98 Å². The summed E-state index contributed by atoms with van der Waals surface area (Å²) in [7, 11) is 1.89. The molecule has 1 N–H and O–H groups in total. The van der Waals surface area contributed by atoms with E-state index < -0.39 is 5.97 Å². The fourth-order valence-corrected chi connectivity index (χ4v) is 2.31. The van der Waals surface area contributed by atoms with Crippen LogP contribution in [0.4, 0.5) is 5.13 Å². The van der Waals surface area contributed by atoms with Crippen LogP contribution in [-0.4, -0.2) is 28.6 Å². The summed E-state index contributed by atoms with van der Waals surface area (Å²) < 4.78 is 0. The predicted octanol–water partition coefficient (Wildman–Crippen LogP) is 3.12. The third kappa shape index (κ3) is 2.47. The first-order chi connectivity index (χ1) is 7.29. The summed E-state index contributed by atoms with van der Waals surface area (Å²) in [5.74, 6) is -1.03. The number of nitrogens with zero attached hydrogens (tertiary/aromatic N) is 2. The maximum absolute atomic E-state index is 10.8. The summed E-state index contributed by atoms with van der Waals surface area (Å²) in [6, 6.07) is 0. The smallest absolute Gasteiger partial charge is 0.349 e. The van der Waals surface area contributed by atoms with Gasteiger partial charge in [0.25, 0.3) is 0 Å². The minimum Gasteiger partial charge on any atom is -0.477 e. The van der Waals surface area contributed by atoms with E-state index in [1.165, 1.54) is 0 Å². The molecule has 16 heavy (non-hydrogen) atoms. The summed E-state index contributed by atoms with van der Waals surface area (Å²) >= 11 is 6.87. The number of thiazole rings is 1. The van der Waals surface area contributed by atoms with E-state index in [1.807, 2.05) is 11.9 Å². The van der Waals surface area contributed by atoms with Crippen LogP contribution in [0.15, 0.2) is 0 Å². The number of carboxylic acids is 1. The van der Waals surface area contributed by atoms with E-state index in [4.69, 9.17) is 16.7 Å². The molecular weight excluding hydrogens is 248 g/mol. The van der Waals surface area contributed by atoms with Crippen molar-refractivity contribution in [2.24, 2.45) is 0 Å². The van der Waals surface area contributed by atoms with Crippen LogP contribution in [0.25, 0.3) is 0 Å². The highest BCUT2D eigenvalue weighted by atomic mass is 35.5. The fraction of sp³-hybridized carbons (Fsp3) is 0.600. The van der Waals surface area contributed by atoms with Gasteiger partial charge in [-0.15, -0.1) is 0 Å². The fourth-order valence-electron chi connectivity index (χ4n) is 1.06. The lowest BCUT2D eigenvalue weighted by molar-refractivity contribution is 0.0702. The first kappa shape index (κ1) is 13.3. The van der Waals surface area contributed by atoms with Gasteiger partial charge in [-0.25, -0.2) is 9.78 Å². The Kier molecular flexibility index (Phi) is 3.80. The molecule has 0 atom stereocenters. The lowest BCUT2D eigenvalue weighted by atomic mass is 10.0. The normalized spacial score (nSPS) is 11.6. The van der Waals surface area contributed by atoms with E-state index in [2.05, 4.69) is 25.8 Å². The molecular formula is C10H15ClN2O2S. The van der Waals surface area contributed by atoms with Crippen LogP contribution in [0.2, 0.25) is 5.15 Å². The molecule has 1 aromatic rings. The van der Waals surface area contributed by atoms with Gasteiger partial charge in [-0.2, -0.15) is 0 Å². The molecule has 4 nitrogen and oxygen atoms in total. The third-order valence-electron chi connectivity index (χ3n) is 2.83. The first-order valence-corrected chi connectivity index (χ1v) is 6.12. The van der Waals surface area contributed by atoms with Crippen molar-refractivity contribution >= 4 is 34.0 Å². The number of carbonyl (C=O) groups is 1. The number of halogens is 1. The Morgan fingerprint density at radius 1 is 1.62 bits per heavy atom. The molecule has 0 saturated heterocycles. The lowest BCUT2D eigenvalue weighted by Gasteiger charge is -2.34. The number of carboxylic acid groups (broad SMARTS) is 1. The van der Waals surface area contributed by atoms with Gasteiger partial charge in [0.15, 0.2) is 15.2 Å². The molecule has 0 spiro atoms. The number of hydrogen-bond donors (Lipinski definition) is 1. The largest absolute Gasteiger partial charge is 0.477 e. The van der Waals surface area contributed by atoms with Crippen molar-refractivity contribution < 1.29 is 9.90 Å². The average molecular weight is 263 g/mol. The second kappa shape index (κ2) is 4.59. The van der Waals surface area contributed by atoms with Crippen LogP contribution in [0, 0.1) is 0 Å². The summed E-state index contributed by atoms with van der Waals surface area (Å²) in [4.78, 5) is 17.0. The molecule has 1 aromatic heterocycles. The summed E-state index contributed by atoms with van der Waals surface area (Å²) in [6.45, 7) is 6.22. The molecule has 90 valence electrons. The van der Waals surface area contributed by atoms with Crippen molar-refractivity contribution in [3.05, 3.63) is 10.0 Å². The molecule has 6 heteroatoms. The highest BCUT2D eigenvalue weighted by Crippen LogP contribution is 2.33. The second-order valence-electron chi connectivity index (χ2n) is 4.15. The minimum atomic E-state index is -1.03. The van der Waals surface area contributed by atoms with Crippen LogP contribution >= 0.6 is 22.9 Å². The second-order valence-corrected chi connectivity index (χ2v) is 5.48. The molecule has 1 rings (SSSR count). The first-order valence-electron chi connectivity index (χ1n) is 4.93. The molecule has 0 aliphatic rings. The Hall–Kier alpha value is -0.810. The van der Waals surface area contributed by atoms with Crippen LogP contribution in [0.5, 0.6) is 0 Å². The van der Waals surface area contributed by atoms with E-state index in [0.717, 1.165) is 17.8 Å². The zero-order chi connectivity index (χ0) is 12.5. The van der Waals surface area contributed by atoms with E-state index in [9.17, 15) is 4.79 Å². The van der Waals surface area contributed by atoms with Crippen molar-refractivity contribution in [2.45, 2.75) is 32.7 Å². The molecule has 0 radical (unpaired) electrons. The molecule has 0 saturated carbocycles. The Morgan fingerprint density at radius 3 is 2.56 bits per heavy atom. The van der Waals surface area contributed by atoms with Gasteiger partial charge >= 0.3 is 5.97 Å². The Morgan fingerprint density at radius 2 is 2.19 bits per heavy atom. The number of anilines is 1. The van der Waals surface area contributed by atoms with Crippen LogP contribution in [0.1, 0.15) is 36.9 Å². The van der Waals surface area contributed by atoms with Gasteiger partial charge in [-0.05, 0) is 20.3 Å². The van der Waals surface area contributed by atoms with Crippen molar-refractivity contribution in [2.75, 3.05) is 11.9 Å². The maximum Gasteiger partial charge on any atom is 0.349 e. The SMILES string of the molecule is CCC(C)(C)N(C)c1nc(Cl)c(C(=O)O)s1. The third-order valence-corrected chi connectivity index (χ3v) is 4.33. The Labute approximate surface area is 104 Å². The van der Waals surface area contributed by atoms with Gasteiger partial charge in [0.2, 0.25) is 0 Å². The molecule has 0 aliphatic heterocycles. The highest BCUT2D eigenvalue weighted by Gasteiger charge is 2.26. The van der Waals surface area contributed by atoms with E-state index in [-0.39, 0.29) is 15.6 Å². The predicted molar refractivity (Wildman–Crippen MR) is 66.9 cm³/mol. The molecule has 0 fully saturated rings. The van der Waals surface area contributed by atoms with Gasteiger partial charge in [0, 0.05) is 12.6 Å². The molecule has 0 unspecified atom stereocenters. The van der Waals surface area contributed by atoms with Crippen molar-refractivity contribution in [3.63, 3.8) is 0 Å². The van der Waals surface area contributed by atoms with Gasteiger partial charge in [-0.3, -0.25) is 0 Å². The standard InChI is InChI=1S/C10H15ClN2O2S/c1-5-10(2,3)13(4)9-12-7(11)6(16-9)8(14)15/h5H2,1-4H3,(H,14,15). The zero-order valence-electron chi connectivity index (χ0n) is 9.74. The summed E-state index contributed by atoms with van der Waals surface area (Å²) in [5, 5.41) is 9.58. The molecule has 0 amide bonds. The lowest BCUT2D eigenvalue weighted by Crippen LogP contribution is -2.40. The quantitative estimate of drug-likeness (QED) is 0.906.